The lowest BCUT2D eigenvalue weighted by Crippen LogP contribution is -2.72. The first-order valence-electron chi connectivity index (χ1n) is 6.82. The number of benzene rings is 1. The zero-order chi connectivity index (χ0) is 14.0. The Morgan fingerprint density at radius 1 is 1.30 bits per heavy atom. The van der Waals surface area contributed by atoms with E-state index in [4.69, 9.17) is 19.9 Å². The molecule has 5 heteroatoms. The maximum atomic E-state index is 11.6. The molecule has 4 aliphatic rings. The lowest BCUT2D eigenvalue weighted by atomic mass is 9.31. The minimum Gasteiger partial charge on any atom is -0.468 e. The highest BCUT2D eigenvalue weighted by atomic mass is 16.7. The number of fused-ring (bicyclic) bond motifs is 1. The summed E-state index contributed by atoms with van der Waals surface area (Å²) in [6.07, 6.45) is 2.86. The second-order valence-electron chi connectivity index (χ2n) is 6.24. The van der Waals surface area contributed by atoms with Crippen LogP contribution < -0.4 is 15.2 Å². The van der Waals surface area contributed by atoms with Gasteiger partial charge in [0.15, 0.2) is 11.5 Å². The van der Waals surface area contributed by atoms with Crippen LogP contribution in [0, 0.1) is 5.41 Å². The van der Waals surface area contributed by atoms with Crippen LogP contribution in [-0.2, 0) is 14.9 Å². The van der Waals surface area contributed by atoms with Crippen molar-refractivity contribution in [3.63, 3.8) is 0 Å². The number of carbonyl (C=O) groups is 1. The van der Waals surface area contributed by atoms with E-state index >= 15 is 0 Å². The average molecular weight is 275 g/mol. The normalized spacial score (nSPS) is 33.9. The van der Waals surface area contributed by atoms with Crippen molar-refractivity contribution in [3.05, 3.63) is 23.8 Å². The van der Waals surface area contributed by atoms with E-state index in [2.05, 4.69) is 12.1 Å². The van der Waals surface area contributed by atoms with Crippen LogP contribution in [0.15, 0.2) is 18.2 Å². The molecule has 0 amide bonds. The first kappa shape index (κ1) is 12.0. The molecule has 3 saturated carbocycles. The molecular weight excluding hydrogens is 258 g/mol. The zero-order valence-corrected chi connectivity index (χ0v) is 11.3. The predicted octanol–water partition coefficient (Wildman–Crippen LogP) is 1.34. The Morgan fingerprint density at radius 3 is 2.70 bits per heavy atom. The molecule has 5 nitrogen and oxygen atoms in total. The fraction of sp³-hybridized carbons (Fsp3) is 0.533. The van der Waals surface area contributed by atoms with Gasteiger partial charge in [0.05, 0.1) is 7.11 Å². The number of methoxy groups -OCH3 is 1. The molecule has 1 heterocycles. The third-order valence-electron chi connectivity index (χ3n) is 5.17. The molecule has 0 spiro atoms. The SMILES string of the molecule is COC(=O)C(N)C12CC(c3ccc4c(c3)OCO4)(C1)C2. The largest absolute Gasteiger partial charge is 0.468 e. The maximum Gasteiger partial charge on any atom is 0.323 e. The van der Waals surface area contributed by atoms with Crippen molar-refractivity contribution in [2.45, 2.75) is 30.7 Å². The van der Waals surface area contributed by atoms with Gasteiger partial charge in [0.2, 0.25) is 6.79 Å². The van der Waals surface area contributed by atoms with E-state index in [1.807, 2.05) is 6.07 Å². The maximum absolute atomic E-state index is 11.6. The highest BCUT2D eigenvalue weighted by molar-refractivity contribution is 5.78. The summed E-state index contributed by atoms with van der Waals surface area (Å²) in [5.74, 6) is 1.32. The van der Waals surface area contributed by atoms with Crippen LogP contribution in [0.4, 0.5) is 0 Å². The van der Waals surface area contributed by atoms with Crippen LogP contribution in [-0.4, -0.2) is 25.9 Å². The Balaban J connectivity index is 1.53. The van der Waals surface area contributed by atoms with Crippen molar-refractivity contribution in [2.24, 2.45) is 11.1 Å². The molecule has 0 radical (unpaired) electrons. The third kappa shape index (κ3) is 1.33. The molecule has 1 unspecified atom stereocenters. The average Bonchev–Trinajstić information content (AvgIpc) is 2.82. The zero-order valence-electron chi connectivity index (χ0n) is 11.3. The van der Waals surface area contributed by atoms with Gasteiger partial charge in [-0.2, -0.15) is 0 Å². The molecular formula is C15H17NO4. The van der Waals surface area contributed by atoms with E-state index in [9.17, 15) is 4.79 Å². The van der Waals surface area contributed by atoms with Gasteiger partial charge in [-0.1, -0.05) is 6.07 Å². The standard InChI is InChI=1S/C15H17NO4/c1-18-13(17)12(16)15-5-14(6-15,7-15)9-2-3-10-11(4-9)20-8-19-10/h2-4,12H,5-8,16H2,1H3. The Labute approximate surface area is 117 Å². The third-order valence-corrected chi connectivity index (χ3v) is 5.17. The number of hydrogen-bond donors (Lipinski definition) is 1. The van der Waals surface area contributed by atoms with Crippen molar-refractivity contribution >= 4 is 5.97 Å². The molecule has 1 aromatic rings. The van der Waals surface area contributed by atoms with Crippen LogP contribution in [0.25, 0.3) is 0 Å². The minimum absolute atomic E-state index is 0.0521. The second kappa shape index (κ2) is 3.67. The van der Waals surface area contributed by atoms with Gasteiger partial charge in [-0.15, -0.1) is 0 Å². The van der Waals surface area contributed by atoms with Crippen molar-refractivity contribution in [3.8, 4) is 11.5 Å². The summed E-state index contributed by atoms with van der Waals surface area (Å²) >= 11 is 0. The van der Waals surface area contributed by atoms with Crippen LogP contribution in [0.1, 0.15) is 24.8 Å². The number of ether oxygens (including phenoxy) is 3. The molecule has 0 aromatic heterocycles. The van der Waals surface area contributed by atoms with Gasteiger partial charge < -0.3 is 19.9 Å². The molecule has 1 aromatic carbocycles. The predicted molar refractivity (Wildman–Crippen MR) is 70.5 cm³/mol. The summed E-state index contributed by atoms with van der Waals surface area (Å²) < 4.78 is 15.5. The lowest BCUT2D eigenvalue weighted by Gasteiger charge is -2.72. The minimum atomic E-state index is -0.497. The van der Waals surface area contributed by atoms with Gasteiger partial charge in [0.1, 0.15) is 6.04 Å². The molecule has 2 N–H and O–H groups in total. The van der Waals surface area contributed by atoms with Crippen LogP contribution in [0.2, 0.25) is 0 Å². The monoisotopic (exact) mass is 275 g/mol. The quantitative estimate of drug-likeness (QED) is 0.843. The Hall–Kier alpha value is -1.75. The summed E-state index contributed by atoms with van der Waals surface area (Å²) in [6, 6.07) is 5.63. The second-order valence-corrected chi connectivity index (χ2v) is 6.24. The summed E-state index contributed by atoms with van der Waals surface area (Å²) in [5, 5.41) is 0. The molecule has 3 aliphatic carbocycles. The first-order valence-corrected chi connectivity index (χ1v) is 6.82. The van der Waals surface area contributed by atoms with Gasteiger partial charge in [-0.25, -0.2) is 0 Å². The van der Waals surface area contributed by atoms with E-state index in [0.29, 0.717) is 6.79 Å². The smallest absolute Gasteiger partial charge is 0.323 e. The van der Waals surface area contributed by atoms with E-state index in [-0.39, 0.29) is 16.8 Å². The number of hydrogen-bond acceptors (Lipinski definition) is 5. The van der Waals surface area contributed by atoms with Crippen LogP contribution in [0.5, 0.6) is 11.5 Å². The van der Waals surface area contributed by atoms with E-state index in [1.165, 1.54) is 12.7 Å². The molecule has 1 atom stereocenters. The van der Waals surface area contributed by atoms with Gasteiger partial charge >= 0.3 is 5.97 Å². The van der Waals surface area contributed by atoms with Gasteiger partial charge in [0.25, 0.3) is 0 Å². The molecule has 106 valence electrons. The highest BCUT2D eigenvalue weighted by Crippen LogP contribution is 2.75. The molecule has 20 heavy (non-hydrogen) atoms. The summed E-state index contributed by atoms with van der Waals surface area (Å²) in [7, 11) is 1.39. The summed E-state index contributed by atoms with van der Waals surface area (Å²) in [4.78, 5) is 11.6. The molecule has 2 bridgehead atoms. The topological polar surface area (TPSA) is 70.8 Å². The van der Waals surface area contributed by atoms with Crippen molar-refractivity contribution in [1.29, 1.82) is 0 Å². The lowest BCUT2D eigenvalue weighted by molar-refractivity contribution is -0.181. The fourth-order valence-electron chi connectivity index (χ4n) is 4.11. The molecule has 5 rings (SSSR count). The van der Waals surface area contributed by atoms with Gasteiger partial charge in [-0.3, -0.25) is 4.79 Å². The van der Waals surface area contributed by atoms with Gasteiger partial charge in [-0.05, 0) is 47.8 Å². The number of esters is 1. The number of nitrogens with two attached hydrogens (primary N) is 1. The van der Waals surface area contributed by atoms with Crippen molar-refractivity contribution in [1.82, 2.24) is 0 Å². The van der Waals surface area contributed by atoms with Crippen molar-refractivity contribution < 1.29 is 19.0 Å². The molecule has 1 aliphatic heterocycles. The summed E-state index contributed by atoms with van der Waals surface area (Å²) in [6.45, 7) is 0.295. The van der Waals surface area contributed by atoms with E-state index in [1.54, 1.807) is 0 Å². The van der Waals surface area contributed by atoms with Crippen molar-refractivity contribution in [2.75, 3.05) is 13.9 Å². The molecule has 3 fully saturated rings. The molecule has 0 saturated heterocycles. The Morgan fingerprint density at radius 2 is 2.00 bits per heavy atom. The van der Waals surface area contributed by atoms with Gasteiger partial charge in [0, 0.05) is 0 Å². The van der Waals surface area contributed by atoms with E-state index in [0.717, 1.165) is 30.8 Å². The van der Waals surface area contributed by atoms with E-state index < -0.39 is 6.04 Å². The Kier molecular flexibility index (Phi) is 2.20. The Bertz CT molecular complexity index is 578. The van der Waals surface area contributed by atoms with Crippen LogP contribution in [0.3, 0.4) is 0 Å². The number of rotatable bonds is 3. The fourth-order valence-corrected chi connectivity index (χ4v) is 4.11. The first-order chi connectivity index (χ1) is 9.58. The highest BCUT2D eigenvalue weighted by Gasteiger charge is 2.71. The van der Waals surface area contributed by atoms with Crippen LogP contribution >= 0.6 is 0 Å². The summed E-state index contributed by atoms with van der Waals surface area (Å²) in [5.41, 5.74) is 7.40. The number of carbonyl (C=O) groups excluding carboxylic acids is 1.